The number of nitrogens with zero attached hydrogens (tertiary/aromatic N) is 2. The molecule has 14 heteroatoms. The van der Waals surface area contributed by atoms with Crippen LogP contribution in [0.2, 0.25) is 0 Å². The monoisotopic (exact) mass is 546 g/mol. The van der Waals surface area contributed by atoms with Crippen molar-refractivity contribution < 1.29 is 49.6 Å². The lowest BCUT2D eigenvalue weighted by atomic mass is 10.2. The fourth-order valence-corrected chi connectivity index (χ4v) is 4.54. The molecular formula is C23H25F3N2O8S. The number of alkyl halides is 3. The molecule has 3 aromatic rings. The third-order valence-corrected chi connectivity index (χ3v) is 6.66. The second-order valence-electron chi connectivity index (χ2n) is 7.90. The van der Waals surface area contributed by atoms with E-state index in [2.05, 4.69) is 16.8 Å². The molecule has 37 heavy (non-hydrogen) atoms. The fraction of sp³-hybridized carbons (Fsp3) is 0.348. The molecule has 1 aliphatic rings. The van der Waals surface area contributed by atoms with Crippen LogP contribution in [0.4, 0.5) is 18.9 Å². The van der Waals surface area contributed by atoms with E-state index in [4.69, 9.17) is 28.0 Å². The number of halogens is 3. The maximum Gasteiger partial charge on any atom is 0.490 e. The summed E-state index contributed by atoms with van der Waals surface area (Å²) in [6, 6.07) is 9.75. The Hall–Kier alpha value is -3.65. The molecule has 10 nitrogen and oxygen atoms in total. The number of fused-ring (bicyclic) bond motifs is 1. The Morgan fingerprint density at radius 3 is 2.22 bits per heavy atom. The largest absolute Gasteiger partial charge is 0.493 e. The number of piperazine rings is 1. The summed E-state index contributed by atoms with van der Waals surface area (Å²) >= 11 is 0. The van der Waals surface area contributed by atoms with Gasteiger partial charge in [0.1, 0.15) is 4.90 Å². The molecule has 0 bridgehead atoms. The number of carboxylic acids is 1. The van der Waals surface area contributed by atoms with Crippen LogP contribution in [0, 0.1) is 0 Å². The van der Waals surface area contributed by atoms with Crippen molar-refractivity contribution in [2.24, 2.45) is 0 Å². The van der Waals surface area contributed by atoms with Gasteiger partial charge in [0.2, 0.25) is 5.75 Å². The molecule has 2 heterocycles. The SMILES string of the molecule is COc1cccc(OS(=O)(=O)c2cc(N3CCN(C)CC3)c3occc3c2)c1OC.O=C(O)C(F)(F)F. The van der Waals surface area contributed by atoms with Gasteiger partial charge >= 0.3 is 22.3 Å². The molecule has 2 aromatic carbocycles. The highest BCUT2D eigenvalue weighted by Crippen LogP contribution is 2.39. The summed E-state index contributed by atoms with van der Waals surface area (Å²) < 4.78 is 79.7. The van der Waals surface area contributed by atoms with Gasteiger partial charge in [-0.2, -0.15) is 21.6 Å². The maximum absolute atomic E-state index is 13.1. The molecule has 1 saturated heterocycles. The predicted octanol–water partition coefficient (Wildman–Crippen LogP) is 3.60. The Bertz CT molecular complexity index is 1350. The first kappa shape index (κ1) is 27.9. The van der Waals surface area contributed by atoms with E-state index in [9.17, 15) is 21.6 Å². The van der Waals surface area contributed by atoms with Gasteiger partial charge in [-0.05, 0) is 37.4 Å². The van der Waals surface area contributed by atoms with Crippen molar-refractivity contribution in [2.75, 3.05) is 52.3 Å². The number of anilines is 1. The molecule has 1 aliphatic heterocycles. The number of aliphatic carboxylic acids is 1. The van der Waals surface area contributed by atoms with Crippen LogP contribution in [0.3, 0.4) is 0 Å². The molecule has 1 aromatic heterocycles. The van der Waals surface area contributed by atoms with Crippen LogP contribution >= 0.6 is 0 Å². The first-order valence-corrected chi connectivity index (χ1v) is 12.2. The molecule has 0 unspecified atom stereocenters. The molecule has 0 aliphatic carbocycles. The molecule has 0 saturated carbocycles. The third-order valence-electron chi connectivity index (χ3n) is 5.45. The minimum atomic E-state index is -5.08. The van der Waals surface area contributed by atoms with E-state index in [0.29, 0.717) is 16.7 Å². The number of methoxy groups -OCH3 is 2. The number of furan rings is 1. The summed E-state index contributed by atoms with van der Waals surface area (Å²) in [7, 11) is 0.847. The van der Waals surface area contributed by atoms with E-state index in [1.165, 1.54) is 20.3 Å². The number of ether oxygens (including phenoxy) is 2. The minimum absolute atomic E-state index is 0.0511. The van der Waals surface area contributed by atoms with Crippen LogP contribution in [0.25, 0.3) is 11.0 Å². The van der Waals surface area contributed by atoms with Crippen molar-refractivity contribution in [3.8, 4) is 17.2 Å². The number of hydrogen-bond donors (Lipinski definition) is 1. The van der Waals surface area contributed by atoms with Crippen molar-refractivity contribution in [1.29, 1.82) is 0 Å². The van der Waals surface area contributed by atoms with Gasteiger partial charge in [0.15, 0.2) is 17.1 Å². The van der Waals surface area contributed by atoms with Crippen LogP contribution in [0.5, 0.6) is 17.2 Å². The van der Waals surface area contributed by atoms with Crippen molar-refractivity contribution in [2.45, 2.75) is 11.1 Å². The maximum atomic E-state index is 13.1. The van der Waals surface area contributed by atoms with E-state index >= 15 is 0 Å². The molecule has 0 atom stereocenters. The lowest BCUT2D eigenvalue weighted by molar-refractivity contribution is -0.192. The minimum Gasteiger partial charge on any atom is -0.493 e. The van der Waals surface area contributed by atoms with E-state index in [1.54, 1.807) is 36.6 Å². The molecule has 1 fully saturated rings. The van der Waals surface area contributed by atoms with E-state index in [-0.39, 0.29) is 16.4 Å². The molecule has 202 valence electrons. The quantitative estimate of drug-likeness (QED) is 0.460. The Kier molecular flexibility index (Phi) is 8.43. The summed E-state index contributed by atoms with van der Waals surface area (Å²) in [4.78, 5) is 13.3. The summed E-state index contributed by atoms with van der Waals surface area (Å²) in [5.74, 6) is -2.10. The van der Waals surface area contributed by atoms with Crippen LogP contribution in [0.15, 0.2) is 52.0 Å². The van der Waals surface area contributed by atoms with Crippen molar-refractivity contribution in [3.63, 3.8) is 0 Å². The summed E-state index contributed by atoms with van der Waals surface area (Å²) in [5.41, 5.74) is 1.41. The predicted molar refractivity (Wildman–Crippen MR) is 127 cm³/mol. The van der Waals surface area contributed by atoms with Gasteiger partial charge in [-0.3, -0.25) is 0 Å². The van der Waals surface area contributed by atoms with Crippen LogP contribution < -0.4 is 18.6 Å². The van der Waals surface area contributed by atoms with Gasteiger partial charge in [-0.25, -0.2) is 4.79 Å². The molecule has 0 radical (unpaired) electrons. The van der Waals surface area contributed by atoms with Crippen molar-refractivity contribution in [3.05, 3.63) is 42.7 Å². The standard InChI is InChI=1S/C21H24N2O6S.C2HF3O2/c1-22-8-10-23(11-9-22)17-14-16(13-15-7-12-28-20(15)17)30(24,25)29-19-6-4-5-18(26-2)21(19)27-3;3-2(4,5)1(6)7/h4-7,12-14H,8-11H2,1-3H3;(H,6,7). The second-order valence-corrected chi connectivity index (χ2v) is 9.45. The number of para-hydroxylation sites is 1. The van der Waals surface area contributed by atoms with Gasteiger partial charge in [-0.15, -0.1) is 0 Å². The number of hydrogen-bond acceptors (Lipinski definition) is 9. The normalized spacial score (nSPS) is 14.6. The first-order chi connectivity index (χ1) is 17.4. The highest BCUT2D eigenvalue weighted by Gasteiger charge is 2.38. The molecule has 1 N–H and O–H groups in total. The van der Waals surface area contributed by atoms with Crippen LogP contribution in [-0.4, -0.2) is 78.0 Å². The Morgan fingerprint density at radius 2 is 1.65 bits per heavy atom. The van der Waals surface area contributed by atoms with Crippen LogP contribution in [-0.2, 0) is 14.9 Å². The van der Waals surface area contributed by atoms with Crippen molar-refractivity contribution in [1.82, 2.24) is 4.90 Å². The molecule has 0 spiro atoms. The Labute approximate surface area is 210 Å². The zero-order chi connectivity index (χ0) is 27.4. The number of carbonyl (C=O) groups is 1. The number of rotatable bonds is 6. The topological polar surface area (TPSA) is 119 Å². The van der Waals surface area contributed by atoms with Crippen LogP contribution in [0.1, 0.15) is 0 Å². The Morgan fingerprint density at radius 1 is 1.03 bits per heavy atom. The highest BCUT2D eigenvalue weighted by molar-refractivity contribution is 7.87. The van der Waals surface area contributed by atoms with Gasteiger partial charge in [0, 0.05) is 31.6 Å². The van der Waals surface area contributed by atoms with Gasteiger partial charge in [0.05, 0.1) is 26.2 Å². The van der Waals surface area contributed by atoms with E-state index in [1.807, 2.05) is 0 Å². The summed E-state index contributed by atoms with van der Waals surface area (Å²) in [5, 5.41) is 7.83. The average Bonchev–Trinajstić information content (AvgIpc) is 3.32. The van der Waals surface area contributed by atoms with Gasteiger partial charge in [0.25, 0.3) is 0 Å². The number of benzene rings is 2. The van der Waals surface area contributed by atoms with E-state index < -0.39 is 22.3 Å². The lowest BCUT2D eigenvalue weighted by Crippen LogP contribution is -2.44. The zero-order valence-electron chi connectivity index (χ0n) is 20.1. The third kappa shape index (κ3) is 6.57. The van der Waals surface area contributed by atoms with Gasteiger partial charge in [-0.1, -0.05) is 6.07 Å². The number of likely N-dealkylation sites (N-methyl/N-ethyl adjacent to an activating group) is 1. The molecule has 0 amide bonds. The summed E-state index contributed by atoms with van der Waals surface area (Å²) in [6.45, 7) is 3.33. The fourth-order valence-electron chi connectivity index (χ4n) is 3.55. The highest BCUT2D eigenvalue weighted by atomic mass is 32.2. The van der Waals surface area contributed by atoms with E-state index in [0.717, 1.165) is 31.9 Å². The smallest absolute Gasteiger partial charge is 0.490 e. The number of carboxylic acid groups (broad SMARTS) is 1. The van der Waals surface area contributed by atoms with Gasteiger partial charge < -0.3 is 33.0 Å². The molecular weight excluding hydrogens is 521 g/mol. The summed E-state index contributed by atoms with van der Waals surface area (Å²) in [6.07, 6.45) is -3.52. The first-order valence-electron chi connectivity index (χ1n) is 10.8. The zero-order valence-corrected chi connectivity index (χ0v) is 20.9. The molecule has 4 rings (SSSR count). The second kappa shape index (κ2) is 11.2. The average molecular weight is 547 g/mol. The van der Waals surface area contributed by atoms with Crippen molar-refractivity contribution >= 4 is 32.7 Å². The lowest BCUT2D eigenvalue weighted by Gasteiger charge is -2.34. The Balaban J connectivity index is 0.000000479.